The molecule has 0 aliphatic carbocycles. The van der Waals surface area contributed by atoms with Crippen molar-refractivity contribution in [1.82, 2.24) is 0 Å². The second-order valence-electron chi connectivity index (χ2n) is 5.04. The van der Waals surface area contributed by atoms with Gasteiger partial charge in [0.25, 0.3) is 5.91 Å². The van der Waals surface area contributed by atoms with E-state index in [4.69, 9.17) is 9.47 Å². The number of anilines is 1. The summed E-state index contributed by atoms with van der Waals surface area (Å²) in [4.78, 5) is 12.0. The Morgan fingerprint density at radius 1 is 1.26 bits per heavy atom. The molecule has 4 nitrogen and oxygen atoms in total. The predicted octanol–water partition coefficient (Wildman–Crippen LogP) is 3.07. The van der Waals surface area contributed by atoms with E-state index >= 15 is 0 Å². The van der Waals surface area contributed by atoms with E-state index in [-0.39, 0.29) is 5.91 Å². The van der Waals surface area contributed by atoms with Crippen LogP contribution in [0.3, 0.4) is 0 Å². The Morgan fingerprint density at radius 2 is 1.79 bits per heavy atom. The van der Waals surface area contributed by atoms with E-state index in [1.165, 1.54) is 7.11 Å². The van der Waals surface area contributed by atoms with Gasteiger partial charge in [0.1, 0.15) is 11.4 Å². The van der Waals surface area contributed by atoms with Crippen LogP contribution >= 0.6 is 0 Å². The molecule has 0 radical (unpaired) electrons. The van der Waals surface area contributed by atoms with Gasteiger partial charge in [0, 0.05) is 12.8 Å². The molecule has 0 aliphatic heterocycles. The topological polar surface area (TPSA) is 47.6 Å². The normalized spacial score (nSPS) is 11.3. The lowest BCUT2D eigenvalue weighted by atomic mass is 10.1. The standard InChI is InChI=1S/C15H23NO3/c1-7-19-13-10(2)8-12(9-11(13)3)16-14(17)15(4,5)18-6/h8-9H,7H2,1-6H3,(H,16,17). The molecular formula is C15H23NO3. The van der Waals surface area contributed by atoms with E-state index in [0.29, 0.717) is 6.61 Å². The molecule has 1 N–H and O–H groups in total. The lowest BCUT2D eigenvalue weighted by Crippen LogP contribution is -2.38. The molecule has 1 aromatic carbocycles. The average Bonchev–Trinajstić information content (AvgIpc) is 2.33. The Labute approximate surface area is 115 Å². The van der Waals surface area contributed by atoms with Crippen molar-refractivity contribution in [3.05, 3.63) is 23.3 Å². The Kier molecular flexibility index (Phi) is 4.95. The Hall–Kier alpha value is -1.55. The molecule has 0 aromatic heterocycles. The first kappa shape index (κ1) is 15.5. The van der Waals surface area contributed by atoms with Crippen LogP contribution in [0.15, 0.2) is 12.1 Å². The predicted molar refractivity (Wildman–Crippen MR) is 76.8 cm³/mol. The Balaban J connectivity index is 2.96. The summed E-state index contributed by atoms with van der Waals surface area (Å²) in [6, 6.07) is 3.81. The van der Waals surface area contributed by atoms with Crippen molar-refractivity contribution in [3.63, 3.8) is 0 Å². The van der Waals surface area contributed by atoms with E-state index in [0.717, 1.165) is 22.6 Å². The average molecular weight is 265 g/mol. The molecule has 0 atom stereocenters. The van der Waals surface area contributed by atoms with Crippen LogP contribution < -0.4 is 10.1 Å². The highest BCUT2D eigenvalue weighted by Gasteiger charge is 2.27. The number of ether oxygens (including phenoxy) is 2. The number of hydrogen-bond acceptors (Lipinski definition) is 3. The molecular weight excluding hydrogens is 242 g/mol. The van der Waals surface area contributed by atoms with Gasteiger partial charge >= 0.3 is 0 Å². The van der Waals surface area contributed by atoms with Gasteiger partial charge < -0.3 is 14.8 Å². The van der Waals surface area contributed by atoms with Gasteiger partial charge in [-0.15, -0.1) is 0 Å². The highest BCUT2D eigenvalue weighted by atomic mass is 16.5. The fourth-order valence-corrected chi connectivity index (χ4v) is 1.77. The molecule has 0 aliphatic rings. The fourth-order valence-electron chi connectivity index (χ4n) is 1.77. The molecule has 0 spiro atoms. The number of carbonyl (C=O) groups is 1. The molecule has 4 heteroatoms. The van der Waals surface area contributed by atoms with Crippen LogP contribution in [0, 0.1) is 13.8 Å². The SMILES string of the molecule is CCOc1c(C)cc(NC(=O)C(C)(C)OC)cc1C. The summed E-state index contributed by atoms with van der Waals surface area (Å²) in [5.41, 5.74) is 1.92. The largest absolute Gasteiger partial charge is 0.493 e. The maximum Gasteiger partial charge on any atom is 0.256 e. The van der Waals surface area contributed by atoms with E-state index in [9.17, 15) is 4.79 Å². The molecule has 0 heterocycles. The number of nitrogens with one attached hydrogen (secondary N) is 1. The van der Waals surface area contributed by atoms with Crippen molar-refractivity contribution < 1.29 is 14.3 Å². The molecule has 1 amide bonds. The number of benzene rings is 1. The van der Waals surface area contributed by atoms with Crippen LogP contribution in [0.1, 0.15) is 31.9 Å². The lowest BCUT2D eigenvalue weighted by molar-refractivity contribution is -0.133. The second-order valence-corrected chi connectivity index (χ2v) is 5.04. The molecule has 0 unspecified atom stereocenters. The summed E-state index contributed by atoms with van der Waals surface area (Å²) < 4.78 is 10.7. The third-order valence-corrected chi connectivity index (χ3v) is 3.06. The van der Waals surface area contributed by atoms with Crippen LogP contribution in [0.25, 0.3) is 0 Å². The number of methoxy groups -OCH3 is 1. The molecule has 0 saturated heterocycles. The molecule has 0 saturated carbocycles. The van der Waals surface area contributed by atoms with Crippen LogP contribution in [-0.2, 0) is 9.53 Å². The van der Waals surface area contributed by atoms with Crippen molar-refractivity contribution in [2.24, 2.45) is 0 Å². The summed E-state index contributed by atoms with van der Waals surface area (Å²) in [5, 5.41) is 2.86. The first-order valence-corrected chi connectivity index (χ1v) is 6.42. The van der Waals surface area contributed by atoms with Gasteiger partial charge in [-0.2, -0.15) is 0 Å². The third kappa shape index (κ3) is 3.70. The smallest absolute Gasteiger partial charge is 0.256 e. The van der Waals surface area contributed by atoms with Gasteiger partial charge in [-0.1, -0.05) is 0 Å². The van der Waals surface area contributed by atoms with Crippen molar-refractivity contribution in [2.45, 2.75) is 40.2 Å². The Bertz CT molecular complexity index is 443. The number of carbonyl (C=O) groups excluding carboxylic acids is 1. The maximum absolute atomic E-state index is 12.0. The van der Waals surface area contributed by atoms with Crippen molar-refractivity contribution in [2.75, 3.05) is 19.0 Å². The fraction of sp³-hybridized carbons (Fsp3) is 0.533. The monoisotopic (exact) mass is 265 g/mol. The minimum Gasteiger partial charge on any atom is -0.493 e. The molecule has 0 bridgehead atoms. The quantitative estimate of drug-likeness (QED) is 0.890. The highest BCUT2D eigenvalue weighted by Crippen LogP contribution is 2.27. The molecule has 106 valence electrons. The first-order chi connectivity index (χ1) is 8.81. The number of hydrogen-bond donors (Lipinski definition) is 1. The zero-order chi connectivity index (χ0) is 14.6. The van der Waals surface area contributed by atoms with Gasteiger partial charge in [0.05, 0.1) is 6.61 Å². The maximum atomic E-state index is 12.0. The molecule has 19 heavy (non-hydrogen) atoms. The van der Waals surface area contributed by atoms with E-state index < -0.39 is 5.60 Å². The third-order valence-electron chi connectivity index (χ3n) is 3.06. The van der Waals surface area contributed by atoms with E-state index in [1.54, 1.807) is 13.8 Å². The summed E-state index contributed by atoms with van der Waals surface area (Å²) in [6.45, 7) is 9.98. The summed E-state index contributed by atoms with van der Waals surface area (Å²) >= 11 is 0. The van der Waals surface area contributed by atoms with Crippen LogP contribution in [0.4, 0.5) is 5.69 Å². The highest BCUT2D eigenvalue weighted by molar-refractivity contribution is 5.97. The zero-order valence-corrected chi connectivity index (χ0v) is 12.6. The second kappa shape index (κ2) is 6.06. The summed E-state index contributed by atoms with van der Waals surface area (Å²) in [5.74, 6) is 0.712. The van der Waals surface area contributed by atoms with Crippen molar-refractivity contribution >= 4 is 11.6 Å². The van der Waals surface area contributed by atoms with E-state index in [2.05, 4.69) is 5.32 Å². The summed E-state index contributed by atoms with van der Waals surface area (Å²) in [7, 11) is 1.52. The van der Waals surface area contributed by atoms with Crippen molar-refractivity contribution in [1.29, 1.82) is 0 Å². The number of amides is 1. The minimum absolute atomic E-state index is 0.169. The van der Waals surface area contributed by atoms with Gasteiger partial charge in [0.15, 0.2) is 0 Å². The summed E-state index contributed by atoms with van der Waals surface area (Å²) in [6.07, 6.45) is 0. The number of aryl methyl sites for hydroxylation is 2. The Morgan fingerprint density at radius 3 is 2.21 bits per heavy atom. The zero-order valence-electron chi connectivity index (χ0n) is 12.6. The minimum atomic E-state index is -0.847. The lowest BCUT2D eigenvalue weighted by Gasteiger charge is -2.22. The molecule has 0 fully saturated rings. The van der Waals surface area contributed by atoms with Gasteiger partial charge in [-0.05, 0) is 57.9 Å². The molecule has 1 aromatic rings. The van der Waals surface area contributed by atoms with E-state index in [1.807, 2.05) is 32.9 Å². The number of rotatable bonds is 5. The van der Waals surface area contributed by atoms with Crippen LogP contribution in [-0.4, -0.2) is 25.2 Å². The first-order valence-electron chi connectivity index (χ1n) is 6.42. The van der Waals surface area contributed by atoms with Gasteiger partial charge in [-0.25, -0.2) is 0 Å². The van der Waals surface area contributed by atoms with Gasteiger partial charge in [0.2, 0.25) is 0 Å². The van der Waals surface area contributed by atoms with Crippen molar-refractivity contribution in [3.8, 4) is 5.75 Å². The molecule has 1 rings (SSSR count). The van der Waals surface area contributed by atoms with Crippen LogP contribution in [0.2, 0.25) is 0 Å². The van der Waals surface area contributed by atoms with Crippen LogP contribution in [0.5, 0.6) is 5.75 Å². The van der Waals surface area contributed by atoms with Gasteiger partial charge in [-0.3, -0.25) is 4.79 Å².